The molecule has 30 heavy (non-hydrogen) atoms. The first-order chi connectivity index (χ1) is 14.4. The van der Waals surface area contributed by atoms with Crippen LogP contribution in [-0.4, -0.2) is 47.2 Å². The average Bonchev–Trinajstić information content (AvgIpc) is 3.18. The van der Waals surface area contributed by atoms with Crippen LogP contribution < -0.4 is 14.2 Å². The van der Waals surface area contributed by atoms with Gasteiger partial charge in [-0.25, -0.2) is 13.1 Å². The molecule has 0 aromatic heterocycles. The molecule has 2 aromatic rings. The highest BCUT2D eigenvalue weighted by Crippen LogP contribution is 2.48. The molecule has 0 saturated heterocycles. The minimum absolute atomic E-state index is 0.330. The quantitative estimate of drug-likeness (QED) is 0.652. The van der Waals surface area contributed by atoms with Crippen LogP contribution in [0.4, 0.5) is 0 Å². The van der Waals surface area contributed by atoms with E-state index < -0.39 is 10.0 Å². The number of nitrogens with zero attached hydrogens (tertiary/aromatic N) is 1. The van der Waals surface area contributed by atoms with Crippen molar-refractivity contribution in [2.24, 2.45) is 0 Å². The summed E-state index contributed by atoms with van der Waals surface area (Å²) in [5, 5.41) is 0. The normalized spacial score (nSPS) is 18.3. The molecule has 1 aliphatic carbocycles. The van der Waals surface area contributed by atoms with Gasteiger partial charge in [-0.15, -0.1) is 0 Å². The van der Waals surface area contributed by atoms with Crippen LogP contribution in [0.15, 0.2) is 35.2 Å². The van der Waals surface area contributed by atoms with E-state index in [1.165, 1.54) is 16.7 Å². The van der Waals surface area contributed by atoms with E-state index >= 15 is 0 Å². The van der Waals surface area contributed by atoms with Gasteiger partial charge in [0.2, 0.25) is 10.0 Å². The van der Waals surface area contributed by atoms with Crippen molar-refractivity contribution in [3.63, 3.8) is 0 Å². The average molecular weight is 431 g/mol. The summed E-state index contributed by atoms with van der Waals surface area (Å²) in [6.07, 6.45) is 3.82. The molecule has 2 aliphatic rings. The zero-order valence-corrected chi connectivity index (χ0v) is 18.7. The third-order valence-electron chi connectivity index (χ3n) is 6.22. The van der Waals surface area contributed by atoms with Gasteiger partial charge in [0.05, 0.1) is 19.1 Å². The van der Waals surface area contributed by atoms with Gasteiger partial charge in [-0.3, -0.25) is 4.90 Å². The molecule has 1 N–H and O–H groups in total. The summed E-state index contributed by atoms with van der Waals surface area (Å²) in [6, 6.07) is 9.52. The molecule has 1 atom stereocenters. The number of sulfonamides is 1. The van der Waals surface area contributed by atoms with E-state index in [1.54, 1.807) is 32.4 Å². The van der Waals surface area contributed by atoms with Gasteiger partial charge in [-0.05, 0) is 67.5 Å². The zero-order chi connectivity index (χ0) is 21.3. The van der Waals surface area contributed by atoms with Gasteiger partial charge >= 0.3 is 0 Å². The Morgan fingerprint density at radius 1 is 1.17 bits per heavy atom. The lowest BCUT2D eigenvalue weighted by molar-refractivity contribution is 0.184. The van der Waals surface area contributed by atoms with Crippen LogP contribution in [0.5, 0.6) is 11.5 Å². The summed E-state index contributed by atoms with van der Waals surface area (Å²) in [6.45, 7) is 4.18. The van der Waals surface area contributed by atoms with Gasteiger partial charge in [0.25, 0.3) is 0 Å². The monoisotopic (exact) mass is 430 g/mol. The highest BCUT2D eigenvalue weighted by Gasteiger charge is 2.36. The lowest BCUT2D eigenvalue weighted by atomic mass is 9.92. The fourth-order valence-corrected chi connectivity index (χ4v) is 6.02. The first-order valence-corrected chi connectivity index (χ1v) is 12.0. The van der Waals surface area contributed by atoms with E-state index in [4.69, 9.17) is 9.47 Å². The summed E-state index contributed by atoms with van der Waals surface area (Å²) in [5.74, 6) is 1.69. The molecule has 1 heterocycles. The maximum atomic E-state index is 12.5. The number of benzene rings is 2. The zero-order valence-electron chi connectivity index (χ0n) is 17.9. The summed E-state index contributed by atoms with van der Waals surface area (Å²) >= 11 is 0. The molecular weight excluding hydrogens is 400 g/mol. The molecule has 0 spiro atoms. The third-order valence-corrected chi connectivity index (χ3v) is 7.68. The van der Waals surface area contributed by atoms with Crippen LogP contribution in [0, 0.1) is 6.92 Å². The first kappa shape index (κ1) is 21.2. The maximum absolute atomic E-state index is 12.5. The molecule has 1 unspecified atom stereocenters. The van der Waals surface area contributed by atoms with E-state index in [1.807, 2.05) is 13.0 Å². The van der Waals surface area contributed by atoms with Crippen LogP contribution in [0.25, 0.3) is 0 Å². The number of aryl methyl sites for hydroxylation is 1. The van der Waals surface area contributed by atoms with Crippen molar-refractivity contribution in [3.05, 3.63) is 52.6 Å². The Kier molecular flexibility index (Phi) is 6.04. The molecule has 162 valence electrons. The molecule has 0 radical (unpaired) electrons. The van der Waals surface area contributed by atoms with Crippen LogP contribution in [0.3, 0.4) is 0 Å². The lowest BCUT2D eigenvalue weighted by Crippen LogP contribution is -2.36. The number of rotatable bonds is 8. The third kappa shape index (κ3) is 3.94. The fourth-order valence-electron chi connectivity index (χ4n) is 4.84. The molecular formula is C23H30N2O4S. The SMILES string of the molecule is COc1cc2c3c(c1OC)CCC3N(CCCNS(=O)(=O)c1cccc(C)c1)CC2. The van der Waals surface area contributed by atoms with Crippen molar-refractivity contribution in [3.8, 4) is 11.5 Å². The van der Waals surface area contributed by atoms with Crippen molar-refractivity contribution < 1.29 is 17.9 Å². The van der Waals surface area contributed by atoms with Crippen molar-refractivity contribution >= 4 is 10.0 Å². The van der Waals surface area contributed by atoms with Crippen molar-refractivity contribution in [1.29, 1.82) is 0 Å². The Labute approximate surface area is 179 Å². The van der Waals surface area contributed by atoms with E-state index in [-0.39, 0.29) is 0 Å². The Morgan fingerprint density at radius 3 is 2.73 bits per heavy atom. The number of hydrogen-bond acceptors (Lipinski definition) is 5. The minimum Gasteiger partial charge on any atom is -0.493 e. The predicted molar refractivity (Wildman–Crippen MR) is 117 cm³/mol. The van der Waals surface area contributed by atoms with Gasteiger partial charge in [0, 0.05) is 31.2 Å². The Bertz CT molecular complexity index is 1040. The summed E-state index contributed by atoms with van der Waals surface area (Å²) in [4.78, 5) is 2.82. The van der Waals surface area contributed by atoms with E-state index in [2.05, 4.69) is 15.7 Å². The number of hydrogen-bond donors (Lipinski definition) is 1. The summed E-state index contributed by atoms with van der Waals surface area (Å²) in [5.41, 5.74) is 4.98. The maximum Gasteiger partial charge on any atom is 0.240 e. The Balaban J connectivity index is 1.40. The largest absolute Gasteiger partial charge is 0.493 e. The number of nitrogens with one attached hydrogen (secondary N) is 1. The van der Waals surface area contributed by atoms with Crippen LogP contribution in [-0.2, 0) is 22.9 Å². The second-order valence-corrected chi connectivity index (χ2v) is 9.84. The molecule has 7 heteroatoms. The lowest BCUT2D eigenvalue weighted by Gasteiger charge is -2.35. The Hall–Kier alpha value is -2.09. The Morgan fingerprint density at radius 2 is 2.00 bits per heavy atom. The predicted octanol–water partition coefficient (Wildman–Crippen LogP) is 3.23. The van der Waals surface area contributed by atoms with Gasteiger partial charge in [-0.2, -0.15) is 0 Å². The summed E-state index contributed by atoms with van der Waals surface area (Å²) < 4.78 is 39.0. The summed E-state index contributed by atoms with van der Waals surface area (Å²) in [7, 11) is -0.0647. The van der Waals surface area contributed by atoms with Crippen molar-refractivity contribution in [2.75, 3.05) is 33.9 Å². The van der Waals surface area contributed by atoms with E-state index in [9.17, 15) is 8.42 Å². The standard InChI is InChI=1S/C23H30N2O4S/c1-16-6-4-7-18(14-16)30(26,27)24-11-5-12-25-13-10-17-15-21(28-2)23(29-3)19-8-9-20(25)22(17)19/h4,6-7,14-15,20,24H,5,8-13H2,1-3H3. The minimum atomic E-state index is -3.46. The second-order valence-electron chi connectivity index (χ2n) is 8.07. The van der Waals surface area contributed by atoms with Gasteiger partial charge in [-0.1, -0.05) is 12.1 Å². The number of methoxy groups -OCH3 is 2. The fraction of sp³-hybridized carbons (Fsp3) is 0.478. The second kappa shape index (κ2) is 8.57. The van der Waals surface area contributed by atoms with Crippen LogP contribution in [0.1, 0.15) is 41.1 Å². The highest BCUT2D eigenvalue weighted by atomic mass is 32.2. The topological polar surface area (TPSA) is 67.9 Å². The van der Waals surface area contributed by atoms with Crippen molar-refractivity contribution in [1.82, 2.24) is 9.62 Å². The molecule has 0 amide bonds. The van der Waals surface area contributed by atoms with Crippen LogP contribution >= 0.6 is 0 Å². The van der Waals surface area contributed by atoms with Gasteiger partial charge in [0.1, 0.15) is 0 Å². The first-order valence-electron chi connectivity index (χ1n) is 10.5. The van der Waals surface area contributed by atoms with Gasteiger partial charge in [0.15, 0.2) is 11.5 Å². The molecule has 4 rings (SSSR count). The smallest absolute Gasteiger partial charge is 0.240 e. The van der Waals surface area contributed by atoms with Crippen LogP contribution in [0.2, 0.25) is 0 Å². The molecule has 2 aromatic carbocycles. The molecule has 0 bridgehead atoms. The molecule has 0 fully saturated rings. The van der Waals surface area contributed by atoms with E-state index in [0.29, 0.717) is 17.5 Å². The highest BCUT2D eigenvalue weighted by molar-refractivity contribution is 7.89. The molecule has 0 saturated carbocycles. The molecule has 6 nitrogen and oxygen atoms in total. The molecule has 1 aliphatic heterocycles. The van der Waals surface area contributed by atoms with Crippen molar-refractivity contribution in [2.45, 2.75) is 43.5 Å². The van der Waals surface area contributed by atoms with Gasteiger partial charge < -0.3 is 9.47 Å². The number of ether oxygens (including phenoxy) is 2. The van der Waals surface area contributed by atoms with E-state index in [0.717, 1.165) is 55.8 Å².